The van der Waals surface area contributed by atoms with Crippen LogP contribution in [0.25, 0.3) is 0 Å². The number of fused-ring (bicyclic) bond motifs is 1. The minimum absolute atomic E-state index is 0.0594. The zero-order valence-corrected chi connectivity index (χ0v) is 15.9. The second-order valence-electron chi connectivity index (χ2n) is 7.28. The van der Waals surface area contributed by atoms with E-state index >= 15 is 0 Å². The van der Waals surface area contributed by atoms with Gasteiger partial charge in [0.25, 0.3) is 0 Å². The number of carbonyl (C=O) groups excluding carboxylic acids is 1. The van der Waals surface area contributed by atoms with Crippen LogP contribution in [0.15, 0.2) is 40.3 Å². The number of hydrogen-bond acceptors (Lipinski definition) is 5. The molecule has 1 aliphatic carbocycles. The zero-order chi connectivity index (χ0) is 17.8. The Morgan fingerprint density at radius 1 is 1.36 bits per heavy atom. The molecule has 0 saturated carbocycles. The Labute approximate surface area is 154 Å². The summed E-state index contributed by atoms with van der Waals surface area (Å²) in [5.74, 6) is 1.58. The quantitative estimate of drug-likeness (QED) is 0.828. The molecule has 7 heteroatoms. The first-order valence-electron chi connectivity index (χ1n) is 8.16. The number of rotatable bonds is 2. The monoisotopic (exact) mass is 402 g/mol. The lowest BCUT2D eigenvalue weighted by molar-refractivity contribution is -0.118. The van der Waals surface area contributed by atoms with Crippen LogP contribution in [0.3, 0.4) is 0 Å². The number of methoxy groups -OCH3 is 1. The lowest BCUT2D eigenvalue weighted by Crippen LogP contribution is -2.36. The molecule has 0 unspecified atom stereocenters. The van der Waals surface area contributed by atoms with Crippen molar-refractivity contribution >= 4 is 27.7 Å². The Balaban J connectivity index is 1.88. The van der Waals surface area contributed by atoms with Crippen molar-refractivity contribution in [2.75, 3.05) is 12.4 Å². The Hall–Kier alpha value is -2.15. The molecule has 0 saturated heterocycles. The van der Waals surface area contributed by atoms with Gasteiger partial charge in [0.15, 0.2) is 5.78 Å². The number of aromatic nitrogens is 3. The van der Waals surface area contributed by atoms with Gasteiger partial charge in [0.1, 0.15) is 18.1 Å². The van der Waals surface area contributed by atoms with Crippen molar-refractivity contribution in [3.8, 4) is 5.75 Å². The molecule has 1 aromatic heterocycles. The first-order valence-corrected chi connectivity index (χ1v) is 8.95. The number of allylic oxidation sites excluding steroid dienone is 2. The third-order valence-corrected chi connectivity index (χ3v) is 5.39. The van der Waals surface area contributed by atoms with Crippen LogP contribution in [-0.2, 0) is 4.79 Å². The molecule has 0 amide bonds. The Morgan fingerprint density at radius 3 is 2.88 bits per heavy atom. The van der Waals surface area contributed by atoms with Crippen molar-refractivity contribution in [1.82, 2.24) is 14.8 Å². The van der Waals surface area contributed by atoms with Gasteiger partial charge < -0.3 is 10.1 Å². The molecular formula is C18H19BrN4O2. The summed E-state index contributed by atoms with van der Waals surface area (Å²) in [5, 5.41) is 7.67. The van der Waals surface area contributed by atoms with Gasteiger partial charge in [-0.15, -0.1) is 0 Å². The molecule has 25 heavy (non-hydrogen) atoms. The van der Waals surface area contributed by atoms with Crippen molar-refractivity contribution < 1.29 is 9.53 Å². The number of ether oxygens (including phenoxy) is 1. The molecule has 2 aromatic rings. The van der Waals surface area contributed by atoms with E-state index in [4.69, 9.17) is 4.74 Å². The second-order valence-corrected chi connectivity index (χ2v) is 8.14. The number of ketones is 1. The fourth-order valence-corrected chi connectivity index (χ4v) is 4.27. The summed E-state index contributed by atoms with van der Waals surface area (Å²) in [7, 11) is 1.63. The number of halogens is 1. The third kappa shape index (κ3) is 2.66. The molecule has 2 aliphatic rings. The fraction of sp³-hybridized carbons (Fsp3) is 0.389. The maximum absolute atomic E-state index is 13.0. The molecule has 4 rings (SSSR count). The highest BCUT2D eigenvalue weighted by Gasteiger charge is 2.41. The molecule has 0 radical (unpaired) electrons. The predicted octanol–water partition coefficient (Wildman–Crippen LogP) is 3.71. The standard InChI is InChI=1S/C18H19BrN4O2/c1-18(2)7-12-15(13(24)8-18)16(23-17(22-12)20-9-21-23)10-4-5-14(25-3)11(19)6-10/h4-6,9,16H,7-8H2,1-3H3,(H,20,21,22)/t16-/m0/s1. The normalized spacial score (nSPS) is 21.4. The average Bonchev–Trinajstić information content (AvgIpc) is 2.99. The molecule has 1 aromatic carbocycles. The van der Waals surface area contributed by atoms with Gasteiger partial charge in [-0.2, -0.15) is 10.1 Å². The lowest BCUT2D eigenvalue weighted by atomic mass is 9.73. The molecule has 0 fully saturated rings. The van der Waals surface area contributed by atoms with Crippen LogP contribution in [0.1, 0.15) is 38.3 Å². The van der Waals surface area contributed by atoms with E-state index in [9.17, 15) is 4.79 Å². The summed E-state index contributed by atoms with van der Waals surface area (Å²) in [6.07, 6.45) is 2.86. The Morgan fingerprint density at radius 2 is 2.16 bits per heavy atom. The SMILES string of the molecule is COc1ccc([C@H]2C3=C(CC(C)(C)CC3=O)Nc3ncnn32)cc1Br. The summed E-state index contributed by atoms with van der Waals surface area (Å²) in [5.41, 5.74) is 2.66. The molecule has 0 bridgehead atoms. The topological polar surface area (TPSA) is 69.0 Å². The Kier molecular flexibility index (Phi) is 3.72. The maximum Gasteiger partial charge on any atom is 0.226 e. The van der Waals surface area contributed by atoms with Gasteiger partial charge in [0, 0.05) is 17.7 Å². The van der Waals surface area contributed by atoms with Crippen LogP contribution in [0, 0.1) is 5.41 Å². The van der Waals surface area contributed by atoms with Crippen LogP contribution in [0.5, 0.6) is 5.75 Å². The average molecular weight is 403 g/mol. The largest absolute Gasteiger partial charge is 0.496 e. The van der Waals surface area contributed by atoms with E-state index in [1.807, 2.05) is 18.2 Å². The molecule has 6 nitrogen and oxygen atoms in total. The number of Topliss-reactive ketones (excluding diaryl/α,β-unsaturated/α-hetero) is 1. The summed E-state index contributed by atoms with van der Waals surface area (Å²) < 4.78 is 7.95. The van der Waals surface area contributed by atoms with Crippen molar-refractivity contribution in [1.29, 1.82) is 0 Å². The number of nitrogens with one attached hydrogen (secondary N) is 1. The fourth-order valence-electron chi connectivity index (χ4n) is 3.71. The maximum atomic E-state index is 13.0. The van der Waals surface area contributed by atoms with Crippen LogP contribution >= 0.6 is 15.9 Å². The van der Waals surface area contributed by atoms with Gasteiger partial charge in [0.2, 0.25) is 5.95 Å². The molecule has 1 aliphatic heterocycles. The van der Waals surface area contributed by atoms with Crippen molar-refractivity contribution in [3.05, 3.63) is 45.8 Å². The highest BCUT2D eigenvalue weighted by molar-refractivity contribution is 9.10. The molecular weight excluding hydrogens is 384 g/mol. The van der Waals surface area contributed by atoms with E-state index in [-0.39, 0.29) is 17.2 Å². The summed E-state index contributed by atoms with van der Waals surface area (Å²) in [6.45, 7) is 4.24. The van der Waals surface area contributed by atoms with E-state index in [2.05, 4.69) is 45.2 Å². The van der Waals surface area contributed by atoms with Gasteiger partial charge in [-0.1, -0.05) is 19.9 Å². The zero-order valence-electron chi connectivity index (χ0n) is 14.3. The summed E-state index contributed by atoms with van der Waals surface area (Å²) in [4.78, 5) is 17.3. The van der Waals surface area contributed by atoms with Crippen molar-refractivity contribution in [2.45, 2.75) is 32.7 Å². The van der Waals surface area contributed by atoms with Crippen molar-refractivity contribution in [3.63, 3.8) is 0 Å². The van der Waals surface area contributed by atoms with Gasteiger partial charge in [0.05, 0.1) is 11.6 Å². The number of benzene rings is 1. The molecule has 130 valence electrons. The highest BCUT2D eigenvalue weighted by atomic mass is 79.9. The van der Waals surface area contributed by atoms with Crippen molar-refractivity contribution in [2.24, 2.45) is 5.41 Å². The second kappa shape index (κ2) is 5.69. The minimum atomic E-state index is -0.278. The van der Waals surface area contributed by atoms with E-state index in [1.54, 1.807) is 11.8 Å². The van der Waals surface area contributed by atoms with E-state index in [1.165, 1.54) is 6.33 Å². The number of carbonyl (C=O) groups is 1. The molecule has 1 N–H and O–H groups in total. The number of nitrogens with zero attached hydrogens (tertiary/aromatic N) is 3. The van der Waals surface area contributed by atoms with Gasteiger partial charge >= 0.3 is 0 Å². The summed E-state index contributed by atoms with van der Waals surface area (Å²) >= 11 is 3.54. The van der Waals surface area contributed by atoms with E-state index < -0.39 is 0 Å². The van der Waals surface area contributed by atoms with E-state index in [0.29, 0.717) is 12.4 Å². The highest BCUT2D eigenvalue weighted by Crippen LogP contribution is 2.45. The molecule has 0 spiro atoms. The lowest BCUT2D eigenvalue weighted by Gasteiger charge is -2.38. The number of anilines is 1. The summed E-state index contributed by atoms with van der Waals surface area (Å²) in [6, 6.07) is 5.58. The Bertz CT molecular complexity index is 900. The minimum Gasteiger partial charge on any atom is -0.496 e. The molecule has 2 heterocycles. The third-order valence-electron chi connectivity index (χ3n) is 4.77. The van der Waals surface area contributed by atoms with Gasteiger partial charge in [-0.3, -0.25) is 4.79 Å². The molecule has 1 atom stereocenters. The van der Waals surface area contributed by atoms with Crippen LogP contribution in [0.2, 0.25) is 0 Å². The van der Waals surface area contributed by atoms with Crippen LogP contribution in [-0.4, -0.2) is 27.7 Å². The van der Waals surface area contributed by atoms with Gasteiger partial charge in [-0.25, -0.2) is 4.68 Å². The smallest absolute Gasteiger partial charge is 0.226 e. The first-order chi connectivity index (χ1) is 11.9. The van der Waals surface area contributed by atoms with E-state index in [0.717, 1.165) is 33.5 Å². The van der Waals surface area contributed by atoms with Crippen LogP contribution in [0.4, 0.5) is 5.95 Å². The van der Waals surface area contributed by atoms with Crippen LogP contribution < -0.4 is 10.1 Å². The number of hydrogen-bond donors (Lipinski definition) is 1. The predicted molar refractivity (Wildman–Crippen MR) is 97.5 cm³/mol. The first kappa shape index (κ1) is 16.3. The van der Waals surface area contributed by atoms with Gasteiger partial charge in [-0.05, 0) is 45.5 Å².